The topological polar surface area (TPSA) is 46.3 Å². The van der Waals surface area contributed by atoms with Crippen molar-refractivity contribution in [2.24, 2.45) is 5.73 Å². The van der Waals surface area contributed by atoms with Crippen LogP contribution >= 0.6 is 0 Å². The summed E-state index contributed by atoms with van der Waals surface area (Å²) in [7, 11) is 0. The Bertz CT molecular complexity index is 536. The maximum absolute atomic E-state index is 13.6. The smallest absolute Gasteiger partial charge is 0.335 e. The quantitative estimate of drug-likeness (QED) is 0.850. The lowest BCUT2D eigenvalue weighted by molar-refractivity contribution is -0.137. The van der Waals surface area contributed by atoms with Crippen LogP contribution < -0.4 is 5.73 Å². The van der Waals surface area contributed by atoms with E-state index in [1.807, 2.05) is 6.92 Å². The highest BCUT2D eigenvalue weighted by Gasteiger charge is 2.41. The van der Waals surface area contributed by atoms with E-state index in [0.717, 1.165) is 0 Å². The molecule has 0 radical (unpaired) electrons. The number of carbonyl (C=O) groups is 1. The van der Waals surface area contributed by atoms with E-state index in [1.54, 1.807) is 0 Å². The van der Waals surface area contributed by atoms with Gasteiger partial charge in [0.15, 0.2) is 0 Å². The Morgan fingerprint density at radius 1 is 1.40 bits per heavy atom. The third kappa shape index (κ3) is 2.63. The molecule has 0 spiro atoms. The molecule has 1 aromatic carbocycles. The predicted octanol–water partition coefficient (Wildman–Crippen LogP) is 2.41. The molecular weight excluding hydrogens is 276 g/mol. The number of benzene rings is 1. The molecule has 1 aliphatic rings. The van der Waals surface area contributed by atoms with Gasteiger partial charge in [0.2, 0.25) is 0 Å². The average Bonchev–Trinajstić information content (AvgIpc) is 2.33. The van der Waals surface area contributed by atoms with E-state index in [0.29, 0.717) is 24.6 Å². The van der Waals surface area contributed by atoms with Gasteiger partial charge in [-0.25, -0.2) is 4.39 Å². The summed E-state index contributed by atoms with van der Waals surface area (Å²) in [5, 5.41) is 0. The van der Waals surface area contributed by atoms with Gasteiger partial charge in [-0.3, -0.25) is 4.79 Å². The summed E-state index contributed by atoms with van der Waals surface area (Å²) in [4.78, 5) is 13.2. The number of carbonyl (C=O) groups excluding carboxylic acids is 1. The van der Waals surface area contributed by atoms with Gasteiger partial charge in [0.1, 0.15) is 5.82 Å². The molecule has 0 atom stereocenters. The summed E-state index contributed by atoms with van der Waals surface area (Å²) in [6.07, 6.45) is -3.97. The van der Waals surface area contributed by atoms with E-state index < -0.39 is 34.6 Å². The zero-order valence-corrected chi connectivity index (χ0v) is 10.8. The zero-order chi connectivity index (χ0) is 15.1. The van der Waals surface area contributed by atoms with E-state index in [2.05, 4.69) is 0 Å². The van der Waals surface area contributed by atoms with Crippen molar-refractivity contribution in [2.45, 2.75) is 25.1 Å². The first-order chi connectivity index (χ1) is 9.16. The Morgan fingerprint density at radius 2 is 2.00 bits per heavy atom. The van der Waals surface area contributed by atoms with Crippen LogP contribution in [0.15, 0.2) is 18.2 Å². The normalized spacial score (nSPS) is 17.8. The van der Waals surface area contributed by atoms with Gasteiger partial charge in [-0.2, -0.15) is 13.2 Å². The molecule has 0 saturated carbocycles. The maximum atomic E-state index is 13.6. The minimum absolute atomic E-state index is 0.220. The number of hydrogen-bond acceptors (Lipinski definition) is 2. The second-order valence-electron chi connectivity index (χ2n) is 5.07. The SMILES string of the molecule is CCC1(N)CN(C(=O)c2cc(C(F)(F)F)ccc2F)C1. The number of likely N-dealkylation sites (tertiary alicyclic amines) is 1. The largest absolute Gasteiger partial charge is 0.416 e. The Morgan fingerprint density at radius 3 is 2.50 bits per heavy atom. The third-order valence-electron chi connectivity index (χ3n) is 3.53. The minimum atomic E-state index is -4.61. The monoisotopic (exact) mass is 290 g/mol. The van der Waals surface area contributed by atoms with Gasteiger partial charge in [-0.05, 0) is 24.6 Å². The summed E-state index contributed by atoms with van der Waals surface area (Å²) < 4.78 is 51.3. The number of nitrogens with zero attached hydrogens (tertiary/aromatic N) is 1. The fourth-order valence-corrected chi connectivity index (χ4v) is 2.12. The highest BCUT2D eigenvalue weighted by atomic mass is 19.4. The Hall–Kier alpha value is -1.63. The van der Waals surface area contributed by atoms with Gasteiger partial charge in [-0.15, -0.1) is 0 Å². The van der Waals surface area contributed by atoms with Crippen molar-refractivity contribution < 1.29 is 22.4 Å². The van der Waals surface area contributed by atoms with Crippen LogP contribution in [-0.4, -0.2) is 29.4 Å². The summed E-state index contributed by atoms with van der Waals surface area (Å²) in [5.74, 6) is -1.72. The third-order valence-corrected chi connectivity index (χ3v) is 3.53. The molecular formula is C13H14F4N2O. The predicted molar refractivity (Wildman–Crippen MR) is 64.5 cm³/mol. The van der Waals surface area contributed by atoms with Crippen LogP contribution in [-0.2, 0) is 6.18 Å². The number of amides is 1. The van der Waals surface area contributed by atoms with Crippen molar-refractivity contribution in [3.05, 3.63) is 35.1 Å². The van der Waals surface area contributed by atoms with E-state index >= 15 is 0 Å². The van der Waals surface area contributed by atoms with Crippen molar-refractivity contribution in [3.8, 4) is 0 Å². The van der Waals surface area contributed by atoms with Crippen LogP contribution in [0.4, 0.5) is 17.6 Å². The van der Waals surface area contributed by atoms with Crippen LogP contribution in [0, 0.1) is 5.82 Å². The van der Waals surface area contributed by atoms with Gasteiger partial charge in [0.05, 0.1) is 16.7 Å². The zero-order valence-electron chi connectivity index (χ0n) is 10.8. The number of halogens is 4. The fraction of sp³-hybridized carbons (Fsp3) is 0.462. The number of alkyl halides is 3. The van der Waals surface area contributed by atoms with E-state index in [4.69, 9.17) is 5.73 Å². The van der Waals surface area contributed by atoms with Crippen molar-refractivity contribution >= 4 is 5.91 Å². The van der Waals surface area contributed by atoms with E-state index in [9.17, 15) is 22.4 Å². The summed E-state index contributed by atoms with van der Waals surface area (Å²) in [5.41, 5.74) is 3.74. The molecule has 0 aliphatic carbocycles. The van der Waals surface area contributed by atoms with E-state index in [-0.39, 0.29) is 13.1 Å². The van der Waals surface area contributed by atoms with Gasteiger partial charge in [0.25, 0.3) is 5.91 Å². The lowest BCUT2D eigenvalue weighted by atomic mass is 9.87. The minimum Gasteiger partial charge on any atom is -0.335 e. The first-order valence-electron chi connectivity index (χ1n) is 6.11. The molecule has 0 bridgehead atoms. The molecule has 2 N–H and O–H groups in total. The average molecular weight is 290 g/mol. The highest BCUT2D eigenvalue weighted by molar-refractivity contribution is 5.95. The molecule has 0 unspecified atom stereocenters. The molecule has 7 heteroatoms. The second-order valence-corrected chi connectivity index (χ2v) is 5.07. The van der Waals surface area contributed by atoms with Crippen molar-refractivity contribution in [1.82, 2.24) is 4.90 Å². The van der Waals surface area contributed by atoms with Crippen LogP contribution in [0.3, 0.4) is 0 Å². The second kappa shape index (κ2) is 4.73. The first kappa shape index (κ1) is 14.8. The standard InChI is InChI=1S/C13H14F4N2O/c1-2-12(18)6-19(7-12)11(20)9-5-8(13(15,16)17)3-4-10(9)14/h3-5H,2,6-7,18H2,1H3. The molecule has 0 aromatic heterocycles. The van der Waals surface area contributed by atoms with Crippen molar-refractivity contribution in [2.75, 3.05) is 13.1 Å². The molecule has 1 fully saturated rings. The van der Waals surface area contributed by atoms with Crippen LogP contribution in [0.1, 0.15) is 29.3 Å². The lowest BCUT2D eigenvalue weighted by Crippen LogP contribution is -2.68. The molecule has 1 heterocycles. The van der Waals surface area contributed by atoms with Crippen LogP contribution in [0.5, 0.6) is 0 Å². The molecule has 1 amide bonds. The Kier molecular flexibility index (Phi) is 3.49. The van der Waals surface area contributed by atoms with Crippen molar-refractivity contribution in [3.63, 3.8) is 0 Å². The number of nitrogens with two attached hydrogens (primary N) is 1. The Balaban J connectivity index is 2.23. The van der Waals surface area contributed by atoms with Gasteiger partial charge < -0.3 is 10.6 Å². The van der Waals surface area contributed by atoms with Gasteiger partial charge in [0, 0.05) is 13.1 Å². The van der Waals surface area contributed by atoms with Gasteiger partial charge >= 0.3 is 6.18 Å². The maximum Gasteiger partial charge on any atom is 0.416 e. The van der Waals surface area contributed by atoms with Crippen LogP contribution in [0.2, 0.25) is 0 Å². The number of rotatable bonds is 2. The summed E-state index contributed by atoms with van der Waals surface area (Å²) in [6.45, 7) is 2.29. The lowest BCUT2D eigenvalue weighted by Gasteiger charge is -2.47. The molecule has 3 nitrogen and oxygen atoms in total. The molecule has 110 valence electrons. The molecule has 1 aromatic rings. The Labute approximate surface area is 113 Å². The van der Waals surface area contributed by atoms with E-state index in [1.165, 1.54) is 4.90 Å². The molecule has 2 rings (SSSR count). The molecule has 1 saturated heterocycles. The summed E-state index contributed by atoms with van der Waals surface area (Å²) in [6, 6.07) is 1.81. The highest BCUT2D eigenvalue weighted by Crippen LogP contribution is 2.31. The van der Waals surface area contributed by atoms with Gasteiger partial charge in [-0.1, -0.05) is 6.92 Å². The summed E-state index contributed by atoms with van der Waals surface area (Å²) >= 11 is 0. The van der Waals surface area contributed by atoms with Crippen LogP contribution in [0.25, 0.3) is 0 Å². The van der Waals surface area contributed by atoms with Crippen molar-refractivity contribution in [1.29, 1.82) is 0 Å². The fourth-order valence-electron chi connectivity index (χ4n) is 2.12. The molecule has 20 heavy (non-hydrogen) atoms. The molecule has 1 aliphatic heterocycles. The number of hydrogen-bond donors (Lipinski definition) is 1. The first-order valence-corrected chi connectivity index (χ1v) is 6.11.